The average Bonchev–Trinajstić information content (AvgIpc) is 2.36. The van der Waals surface area contributed by atoms with Crippen molar-refractivity contribution in [1.29, 1.82) is 0 Å². The standard InChI is InChI=1S/C12H17F3NO3P/c1-3-18-20(17,19-4-2)11(12(13,14)15)16-10-8-6-5-7-9-10/h5-9,11,16H,3-4H2,1-2H3. The van der Waals surface area contributed by atoms with Crippen molar-refractivity contribution in [3.8, 4) is 0 Å². The molecule has 0 aromatic heterocycles. The average molecular weight is 311 g/mol. The van der Waals surface area contributed by atoms with E-state index in [9.17, 15) is 17.7 Å². The third-order valence-electron chi connectivity index (χ3n) is 2.32. The first-order chi connectivity index (χ1) is 9.33. The van der Waals surface area contributed by atoms with Gasteiger partial charge in [0.1, 0.15) is 0 Å². The number of benzene rings is 1. The Bertz CT molecular complexity index is 443. The first-order valence-electron chi connectivity index (χ1n) is 6.10. The van der Waals surface area contributed by atoms with Crippen LogP contribution >= 0.6 is 7.60 Å². The zero-order valence-electron chi connectivity index (χ0n) is 11.2. The van der Waals surface area contributed by atoms with Crippen molar-refractivity contribution in [3.63, 3.8) is 0 Å². The summed E-state index contributed by atoms with van der Waals surface area (Å²) in [7, 11) is -4.35. The SMILES string of the molecule is CCOP(=O)(OCC)C(Nc1ccccc1)C(F)(F)F. The maximum atomic E-state index is 13.2. The van der Waals surface area contributed by atoms with Gasteiger partial charge >= 0.3 is 13.8 Å². The van der Waals surface area contributed by atoms with Gasteiger partial charge in [-0.1, -0.05) is 18.2 Å². The summed E-state index contributed by atoms with van der Waals surface area (Å²) in [5, 5.41) is 2.19. The van der Waals surface area contributed by atoms with Crippen LogP contribution in [0.4, 0.5) is 18.9 Å². The fraction of sp³-hybridized carbons (Fsp3) is 0.500. The lowest BCUT2D eigenvalue weighted by Crippen LogP contribution is -2.37. The molecule has 0 aliphatic heterocycles. The smallest absolute Gasteiger partial charge is 0.364 e. The molecule has 20 heavy (non-hydrogen) atoms. The van der Waals surface area contributed by atoms with Crippen LogP contribution in [0.2, 0.25) is 0 Å². The highest BCUT2D eigenvalue weighted by Gasteiger charge is 2.54. The number of alkyl halides is 3. The van der Waals surface area contributed by atoms with E-state index in [0.717, 1.165) is 0 Å². The molecule has 1 aromatic rings. The molecule has 114 valence electrons. The number of hydrogen-bond acceptors (Lipinski definition) is 4. The quantitative estimate of drug-likeness (QED) is 0.765. The van der Waals surface area contributed by atoms with Gasteiger partial charge in [0.2, 0.25) is 5.78 Å². The third-order valence-corrected chi connectivity index (χ3v) is 4.61. The van der Waals surface area contributed by atoms with Crippen LogP contribution in [0.5, 0.6) is 0 Å². The fourth-order valence-electron chi connectivity index (χ4n) is 1.58. The van der Waals surface area contributed by atoms with Crippen LogP contribution in [0, 0.1) is 0 Å². The van der Waals surface area contributed by atoms with Crippen molar-refractivity contribution in [2.24, 2.45) is 0 Å². The summed E-state index contributed by atoms with van der Waals surface area (Å²) < 4.78 is 61.4. The summed E-state index contributed by atoms with van der Waals surface area (Å²) in [6, 6.07) is 7.70. The van der Waals surface area contributed by atoms with Crippen LogP contribution < -0.4 is 5.32 Å². The number of para-hydroxylation sites is 1. The number of nitrogens with one attached hydrogen (secondary N) is 1. The van der Waals surface area contributed by atoms with Crippen molar-refractivity contribution < 1.29 is 26.8 Å². The summed E-state index contributed by atoms with van der Waals surface area (Å²) >= 11 is 0. The van der Waals surface area contributed by atoms with Crippen molar-refractivity contribution >= 4 is 13.3 Å². The lowest BCUT2D eigenvalue weighted by atomic mass is 10.3. The molecule has 1 N–H and O–H groups in total. The normalized spacial score (nSPS) is 14.1. The Morgan fingerprint density at radius 1 is 1.15 bits per heavy atom. The molecule has 0 aliphatic carbocycles. The largest absolute Gasteiger partial charge is 0.420 e. The summed E-state index contributed by atoms with van der Waals surface area (Å²) in [5.41, 5.74) is 0.189. The molecule has 0 aliphatic rings. The highest BCUT2D eigenvalue weighted by atomic mass is 31.2. The minimum Gasteiger partial charge on any atom is -0.364 e. The van der Waals surface area contributed by atoms with E-state index in [2.05, 4.69) is 5.32 Å². The molecule has 4 nitrogen and oxygen atoms in total. The number of anilines is 1. The molecular weight excluding hydrogens is 294 g/mol. The minimum absolute atomic E-state index is 0.139. The van der Waals surface area contributed by atoms with E-state index in [1.807, 2.05) is 0 Å². The Labute approximate surface area is 115 Å². The Balaban J connectivity index is 3.08. The lowest BCUT2D eigenvalue weighted by molar-refractivity contribution is -0.129. The van der Waals surface area contributed by atoms with Gasteiger partial charge in [0.05, 0.1) is 13.2 Å². The Morgan fingerprint density at radius 2 is 1.65 bits per heavy atom. The fourth-order valence-corrected chi connectivity index (χ4v) is 3.34. The molecular formula is C12H17F3NO3P. The first kappa shape index (κ1) is 17.0. The number of hydrogen-bond donors (Lipinski definition) is 1. The molecule has 1 rings (SSSR count). The molecule has 0 bridgehead atoms. The van der Waals surface area contributed by atoms with E-state index < -0.39 is 19.6 Å². The van der Waals surface area contributed by atoms with Crippen LogP contribution in [0.25, 0.3) is 0 Å². The topological polar surface area (TPSA) is 47.6 Å². The van der Waals surface area contributed by atoms with Gasteiger partial charge in [-0.3, -0.25) is 4.57 Å². The van der Waals surface area contributed by atoms with Gasteiger partial charge < -0.3 is 14.4 Å². The van der Waals surface area contributed by atoms with Crippen molar-refractivity contribution in [2.45, 2.75) is 25.8 Å². The van der Waals surface area contributed by atoms with Gasteiger partial charge in [-0.15, -0.1) is 0 Å². The van der Waals surface area contributed by atoms with Crippen LogP contribution in [0.15, 0.2) is 30.3 Å². The Morgan fingerprint density at radius 3 is 2.05 bits per heavy atom. The second kappa shape index (κ2) is 7.11. The molecule has 0 fully saturated rings. The van der Waals surface area contributed by atoms with Crippen LogP contribution in [0.1, 0.15) is 13.8 Å². The van der Waals surface area contributed by atoms with Crippen LogP contribution in [-0.2, 0) is 13.6 Å². The molecule has 0 radical (unpaired) electrons. The first-order valence-corrected chi connectivity index (χ1v) is 7.71. The molecule has 0 amide bonds. The van der Waals surface area contributed by atoms with E-state index >= 15 is 0 Å². The maximum absolute atomic E-state index is 13.2. The molecule has 8 heteroatoms. The Kier molecular flexibility index (Phi) is 6.05. The van der Waals surface area contributed by atoms with Gasteiger partial charge in [-0.05, 0) is 26.0 Å². The maximum Gasteiger partial charge on any atom is 0.420 e. The van der Waals surface area contributed by atoms with Gasteiger partial charge in [0.25, 0.3) is 0 Å². The molecule has 1 atom stereocenters. The zero-order chi connectivity index (χ0) is 15.2. The van der Waals surface area contributed by atoms with Gasteiger partial charge in [-0.25, -0.2) is 0 Å². The van der Waals surface area contributed by atoms with E-state index in [0.29, 0.717) is 0 Å². The molecule has 0 saturated heterocycles. The third kappa shape index (κ3) is 4.51. The second-order valence-electron chi connectivity index (χ2n) is 3.83. The zero-order valence-corrected chi connectivity index (χ0v) is 12.1. The summed E-state index contributed by atoms with van der Waals surface area (Å²) in [4.78, 5) is 0. The van der Waals surface area contributed by atoms with Crippen LogP contribution in [0.3, 0.4) is 0 Å². The molecule has 0 saturated carbocycles. The predicted molar refractivity (Wildman–Crippen MR) is 70.8 cm³/mol. The minimum atomic E-state index is -4.77. The molecule has 1 aromatic carbocycles. The van der Waals surface area contributed by atoms with E-state index in [1.165, 1.54) is 26.0 Å². The number of rotatable bonds is 7. The number of halogens is 3. The molecule has 0 spiro atoms. The predicted octanol–water partition coefficient (Wildman–Crippen LogP) is 4.25. The summed E-state index contributed by atoms with van der Waals surface area (Å²) in [6.07, 6.45) is -4.77. The van der Waals surface area contributed by atoms with E-state index in [4.69, 9.17) is 9.05 Å². The van der Waals surface area contributed by atoms with E-state index in [-0.39, 0.29) is 18.9 Å². The second-order valence-corrected chi connectivity index (χ2v) is 5.94. The summed E-state index contributed by atoms with van der Waals surface area (Å²) in [5.74, 6) is -2.41. The lowest BCUT2D eigenvalue weighted by Gasteiger charge is -2.29. The van der Waals surface area contributed by atoms with Gasteiger partial charge in [0.15, 0.2) is 0 Å². The van der Waals surface area contributed by atoms with E-state index in [1.54, 1.807) is 18.2 Å². The van der Waals surface area contributed by atoms with Gasteiger partial charge in [-0.2, -0.15) is 13.2 Å². The summed E-state index contributed by atoms with van der Waals surface area (Å²) in [6.45, 7) is 2.64. The van der Waals surface area contributed by atoms with Gasteiger partial charge in [0, 0.05) is 5.69 Å². The highest BCUT2D eigenvalue weighted by Crippen LogP contribution is 2.57. The highest BCUT2D eigenvalue weighted by molar-refractivity contribution is 7.54. The molecule has 0 heterocycles. The Hall–Kier alpha value is -1.04. The van der Waals surface area contributed by atoms with Crippen molar-refractivity contribution in [1.82, 2.24) is 0 Å². The van der Waals surface area contributed by atoms with Crippen LogP contribution in [-0.4, -0.2) is 25.2 Å². The van der Waals surface area contributed by atoms with Crippen molar-refractivity contribution in [2.75, 3.05) is 18.5 Å². The monoisotopic (exact) mass is 311 g/mol. The molecule has 1 unspecified atom stereocenters. The van der Waals surface area contributed by atoms with Crippen molar-refractivity contribution in [3.05, 3.63) is 30.3 Å².